The van der Waals surface area contributed by atoms with E-state index in [0.29, 0.717) is 6.54 Å². The van der Waals surface area contributed by atoms with E-state index in [-0.39, 0.29) is 0 Å². The van der Waals surface area contributed by atoms with E-state index in [1.807, 2.05) is 37.3 Å². The van der Waals surface area contributed by atoms with Crippen LogP contribution in [0.15, 0.2) is 54.6 Å². The van der Waals surface area contributed by atoms with Gasteiger partial charge in [-0.25, -0.2) is 9.97 Å². The molecule has 0 fully saturated rings. The van der Waals surface area contributed by atoms with Gasteiger partial charge in [0.2, 0.25) is 0 Å². The van der Waals surface area contributed by atoms with Gasteiger partial charge in [0.15, 0.2) is 0 Å². The summed E-state index contributed by atoms with van der Waals surface area (Å²) in [7, 11) is 0. The zero-order valence-corrected chi connectivity index (χ0v) is 15.1. The van der Waals surface area contributed by atoms with Crippen molar-refractivity contribution >= 4 is 23.2 Å². The molecule has 0 bridgehead atoms. The first-order chi connectivity index (χ1) is 12.1. The summed E-state index contributed by atoms with van der Waals surface area (Å²) in [5, 5.41) is 7.43. The van der Waals surface area contributed by atoms with Crippen LogP contribution in [0.25, 0.3) is 0 Å². The standard InChI is InChI=1S/C20H21ClN4/c1-14-3-5-16(6-4-14)12-22-19-11-20(25-15(2)24-19)23-13-17-7-9-18(21)10-8-17/h3-11H,12-13H2,1-2H3,(H2,22,23,24,25). The number of hydrogen-bond donors (Lipinski definition) is 2. The van der Waals surface area contributed by atoms with Crippen LogP contribution in [-0.4, -0.2) is 9.97 Å². The predicted octanol–water partition coefficient (Wildman–Crippen LogP) is 4.97. The lowest BCUT2D eigenvalue weighted by molar-refractivity contribution is 1.00. The van der Waals surface area contributed by atoms with Crippen molar-refractivity contribution < 1.29 is 0 Å². The van der Waals surface area contributed by atoms with Gasteiger partial charge in [-0.1, -0.05) is 53.6 Å². The molecule has 0 radical (unpaired) electrons. The van der Waals surface area contributed by atoms with Crippen LogP contribution in [0.3, 0.4) is 0 Å². The highest BCUT2D eigenvalue weighted by Crippen LogP contribution is 2.15. The number of nitrogens with zero attached hydrogens (tertiary/aromatic N) is 2. The molecule has 0 aliphatic carbocycles. The lowest BCUT2D eigenvalue weighted by Crippen LogP contribution is -2.07. The first kappa shape index (κ1) is 17.2. The molecule has 0 saturated carbocycles. The van der Waals surface area contributed by atoms with Gasteiger partial charge in [-0.3, -0.25) is 0 Å². The molecular formula is C20H21ClN4. The highest BCUT2D eigenvalue weighted by molar-refractivity contribution is 6.30. The van der Waals surface area contributed by atoms with Gasteiger partial charge < -0.3 is 10.6 Å². The van der Waals surface area contributed by atoms with Crippen LogP contribution in [0, 0.1) is 13.8 Å². The Morgan fingerprint density at radius 2 is 1.24 bits per heavy atom. The average Bonchev–Trinajstić information content (AvgIpc) is 2.60. The molecule has 3 rings (SSSR count). The molecule has 2 aromatic carbocycles. The maximum absolute atomic E-state index is 5.92. The third-order valence-corrected chi connectivity index (χ3v) is 4.07. The number of anilines is 2. The third-order valence-electron chi connectivity index (χ3n) is 3.82. The zero-order chi connectivity index (χ0) is 17.6. The van der Waals surface area contributed by atoms with Gasteiger partial charge in [0.1, 0.15) is 17.5 Å². The van der Waals surface area contributed by atoms with Crippen molar-refractivity contribution in [3.05, 3.63) is 82.1 Å². The largest absolute Gasteiger partial charge is 0.366 e. The smallest absolute Gasteiger partial charge is 0.132 e. The number of hydrogen-bond acceptors (Lipinski definition) is 4. The maximum Gasteiger partial charge on any atom is 0.132 e. The summed E-state index contributed by atoms with van der Waals surface area (Å²) in [5.74, 6) is 2.34. The molecule has 25 heavy (non-hydrogen) atoms. The number of rotatable bonds is 6. The van der Waals surface area contributed by atoms with Gasteiger partial charge in [0.05, 0.1) is 0 Å². The van der Waals surface area contributed by atoms with E-state index in [1.165, 1.54) is 11.1 Å². The molecule has 0 amide bonds. The van der Waals surface area contributed by atoms with E-state index >= 15 is 0 Å². The predicted molar refractivity (Wildman–Crippen MR) is 104 cm³/mol. The van der Waals surface area contributed by atoms with E-state index in [9.17, 15) is 0 Å². The fourth-order valence-electron chi connectivity index (χ4n) is 2.44. The fourth-order valence-corrected chi connectivity index (χ4v) is 2.57. The Bertz CT molecular complexity index is 762. The van der Waals surface area contributed by atoms with Crippen LogP contribution >= 0.6 is 11.6 Å². The SMILES string of the molecule is Cc1ccc(CNc2cc(NCc3ccc(Cl)cc3)nc(C)n2)cc1. The summed E-state index contributed by atoms with van der Waals surface area (Å²) >= 11 is 5.92. The molecule has 3 aromatic rings. The van der Waals surface area contributed by atoms with Gasteiger partial charge in [-0.05, 0) is 37.1 Å². The van der Waals surface area contributed by atoms with Crippen molar-refractivity contribution in [2.75, 3.05) is 10.6 Å². The minimum atomic E-state index is 0.686. The summed E-state index contributed by atoms with van der Waals surface area (Å²) in [5.41, 5.74) is 3.63. The Kier molecular flexibility index (Phi) is 5.51. The Labute approximate surface area is 153 Å². The number of aromatic nitrogens is 2. The van der Waals surface area contributed by atoms with Crippen LogP contribution in [0.1, 0.15) is 22.5 Å². The van der Waals surface area contributed by atoms with Crippen LogP contribution in [0.4, 0.5) is 11.6 Å². The average molecular weight is 353 g/mol. The first-order valence-corrected chi connectivity index (χ1v) is 8.60. The van der Waals surface area contributed by atoms with Crippen molar-refractivity contribution in [2.24, 2.45) is 0 Å². The molecule has 5 heteroatoms. The van der Waals surface area contributed by atoms with Gasteiger partial charge in [-0.15, -0.1) is 0 Å². The molecule has 1 heterocycles. The number of nitrogens with one attached hydrogen (secondary N) is 2. The van der Waals surface area contributed by atoms with E-state index in [2.05, 4.69) is 51.8 Å². The van der Waals surface area contributed by atoms with Gasteiger partial charge >= 0.3 is 0 Å². The van der Waals surface area contributed by atoms with Crippen LogP contribution in [0.5, 0.6) is 0 Å². The number of benzene rings is 2. The van der Waals surface area contributed by atoms with Crippen molar-refractivity contribution in [1.82, 2.24) is 9.97 Å². The highest BCUT2D eigenvalue weighted by atomic mass is 35.5. The summed E-state index contributed by atoms with van der Waals surface area (Å²) in [4.78, 5) is 8.90. The quantitative estimate of drug-likeness (QED) is 0.657. The molecule has 0 spiro atoms. The Hall–Kier alpha value is -2.59. The molecule has 0 unspecified atom stereocenters. The Morgan fingerprint density at radius 3 is 1.76 bits per heavy atom. The first-order valence-electron chi connectivity index (χ1n) is 8.22. The molecule has 1 aromatic heterocycles. The van der Waals surface area contributed by atoms with Gasteiger partial charge in [-0.2, -0.15) is 0 Å². The maximum atomic E-state index is 5.92. The van der Waals surface area contributed by atoms with Crippen molar-refractivity contribution in [3.63, 3.8) is 0 Å². The topological polar surface area (TPSA) is 49.8 Å². The van der Waals surface area contributed by atoms with E-state index in [0.717, 1.165) is 34.6 Å². The fraction of sp³-hybridized carbons (Fsp3) is 0.200. The normalized spacial score (nSPS) is 10.5. The molecule has 2 N–H and O–H groups in total. The lowest BCUT2D eigenvalue weighted by atomic mass is 10.1. The molecule has 0 saturated heterocycles. The summed E-state index contributed by atoms with van der Waals surface area (Å²) < 4.78 is 0. The molecule has 128 valence electrons. The molecule has 0 aliphatic heterocycles. The third kappa shape index (κ3) is 5.19. The molecular weight excluding hydrogens is 332 g/mol. The Balaban J connectivity index is 1.63. The number of halogens is 1. The second-order valence-corrected chi connectivity index (χ2v) is 6.44. The van der Waals surface area contributed by atoms with Crippen molar-refractivity contribution in [1.29, 1.82) is 0 Å². The minimum absolute atomic E-state index is 0.686. The minimum Gasteiger partial charge on any atom is -0.366 e. The number of aryl methyl sites for hydroxylation is 2. The van der Waals surface area contributed by atoms with E-state index < -0.39 is 0 Å². The summed E-state index contributed by atoms with van der Waals surface area (Å²) in [6.07, 6.45) is 0. The van der Waals surface area contributed by atoms with Crippen LogP contribution < -0.4 is 10.6 Å². The van der Waals surface area contributed by atoms with Crippen LogP contribution in [-0.2, 0) is 13.1 Å². The second kappa shape index (κ2) is 7.99. The Morgan fingerprint density at radius 1 is 0.760 bits per heavy atom. The lowest BCUT2D eigenvalue weighted by Gasteiger charge is -2.11. The monoisotopic (exact) mass is 352 g/mol. The summed E-state index contributed by atoms with van der Waals surface area (Å²) in [6.45, 7) is 5.40. The summed E-state index contributed by atoms with van der Waals surface area (Å²) in [6, 6.07) is 18.2. The van der Waals surface area contributed by atoms with E-state index in [4.69, 9.17) is 11.6 Å². The van der Waals surface area contributed by atoms with Gasteiger partial charge in [0.25, 0.3) is 0 Å². The molecule has 0 atom stereocenters. The molecule has 0 aliphatic rings. The van der Waals surface area contributed by atoms with Crippen LogP contribution in [0.2, 0.25) is 5.02 Å². The molecule has 4 nitrogen and oxygen atoms in total. The van der Waals surface area contributed by atoms with E-state index in [1.54, 1.807) is 0 Å². The zero-order valence-electron chi connectivity index (χ0n) is 14.4. The van der Waals surface area contributed by atoms with Crippen molar-refractivity contribution in [3.8, 4) is 0 Å². The highest BCUT2D eigenvalue weighted by Gasteiger charge is 2.03. The second-order valence-electron chi connectivity index (χ2n) is 6.00. The van der Waals surface area contributed by atoms with Gasteiger partial charge in [0, 0.05) is 24.2 Å². The van der Waals surface area contributed by atoms with Crippen molar-refractivity contribution in [2.45, 2.75) is 26.9 Å².